The van der Waals surface area contributed by atoms with Gasteiger partial charge in [-0.15, -0.1) is 8.86 Å². The van der Waals surface area contributed by atoms with Gasteiger partial charge in [0.2, 0.25) is 17.7 Å². The molecule has 0 aliphatic heterocycles. The van der Waals surface area contributed by atoms with Crippen LogP contribution in [0.25, 0.3) is 0 Å². The summed E-state index contributed by atoms with van der Waals surface area (Å²) in [6.45, 7) is 2.00. The van der Waals surface area contributed by atoms with E-state index in [1.54, 1.807) is 0 Å². The summed E-state index contributed by atoms with van der Waals surface area (Å²) >= 11 is 0. The van der Waals surface area contributed by atoms with Gasteiger partial charge < -0.3 is 56.0 Å². The highest BCUT2D eigenvalue weighted by atomic mass is 31.0. The standard InChI is InChI=1S/C41H76N5O13P/c42-33(40(52)53)17-15-16-22-43-36(48)31-58-29-28-57-26-24-45-37(49)32-59-30-27-56-25-23-44-35(47)21-20-34(41(54)55)46-38(60)18-13-11-9-7-5-3-1-2-4-6-8-10-12-14-19-39(50)51/h33-34,46,60H,1-32,42H2,(H,43,48)(H,44,47)(H,45,49)(H,50,51)(H,52,53)(H,54,55)/t33-,34-/m0/s1. The number of hydrogen-bond donors (Lipinski definition) is 8. The van der Waals surface area contributed by atoms with Crippen molar-refractivity contribution in [1.29, 1.82) is 0 Å². The van der Waals surface area contributed by atoms with Crippen LogP contribution in [0.5, 0.6) is 0 Å². The highest BCUT2D eigenvalue weighted by Gasteiger charge is 2.19. The molecule has 0 aromatic carbocycles. The van der Waals surface area contributed by atoms with Gasteiger partial charge in [0.1, 0.15) is 25.3 Å². The van der Waals surface area contributed by atoms with Crippen molar-refractivity contribution in [3.8, 4) is 0 Å². The average molecular weight is 878 g/mol. The molecule has 0 bridgehead atoms. The van der Waals surface area contributed by atoms with E-state index >= 15 is 0 Å². The number of carbonyl (C=O) groups excluding carboxylic acids is 3. The van der Waals surface area contributed by atoms with Crippen molar-refractivity contribution in [3.05, 3.63) is 0 Å². The third-order valence-corrected chi connectivity index (χ3v) is 9.70. The summed E-state index contributed by atoms with van der Waals surface area (Å²) in [6, 6.07) is -1.77. The van der Waals surface area contributed by atoms with Crippen molar-refractivity contribution in [1.82, 2.24) is 21.3 Å². The number of carbonyl (C=O) groups is 6. The highest BCUT2D eigenvalue weighted by molar-refractivity contribution is 7.20. The van der Waals surface area contributed by atoms with E-state index in [-0.39, 0.29) is 103 Å². The molecule has 3 amide bonds. The number of unbranched alkanes of at least 4 members (excludes halogenated alkanes) is 14. The topological polar surface area (TPSA) is 274 Å². The fourth-order valence-corrected chi connectivity index (χ4v) is 6.19. The second-order valence-electron chi connectivity index (χ2n) is 14.7. The van der Waals surface area contributed by atoms with Crippen LogP contribution in [0.3, 0.4) is 0 Å². The number of hydrogen-bond acceptors (Lipinski definition) is 11. The Labute approximate surface area is 358 Å². The maximum atomic E-state index is 12.3. The number of ether oxygens (including phenoxy) is 4. The lowest BCUT2D eigenvalue weighted by molar-refractivity contribution is -0.140. The third-order valence-electron chi connectivity index (χ3n) is 9.30. The molecule has 0 fully saturated rings. The van der Waals surface area contributed by atoms with E-state index in [1.807, 2.05) is 0 Å². The SMILES string of the molecule is N[C@@H](CCCCNC(=O)COCCOCCNC(=O)COCCOCCNC(=O)CC[C@H](NC(=P)CCCCCCCCCCCCCCCCC(=O)O)C(=O)O)C(=O)O. The predicted molar refractivity (Wildman–Crippen MR) is 230 cm³/mol. The second-order valence-corrected chi connectivity index (χ2v) is 15.3. The number of carboxylic acids is 3. The van der Waals surface area contributed by atoms with Gasteiger partial charge in [-0.1, -0.05) is 77.0 Å². The van der Waals surface area contributed by atoms with E-state index in [0.717, 1.165) is 43.9 Å². The number of rotatable bonds is 45. The lowest BCUT2D eigenvalue weighted by Crippen LogP contribution is -2.41. The predicted octanol–water partition coefficient (Wildman–Crippen LogP) is 3.41. The molecule has 0 spiro atoms. The minimum absolute atomic E-state index is 0.0472. The minimum Gasteiger partial charge on any atom is -0.481 e. The summed E-state index contributed by atoms with van der Waals surface area (Å²) in [4.78, 5) is 68.8. The van der Waals surface area contributed by atoms with Crippen molar-refractivity contribution >= 4 is 49.9 Å². The quantitative estimate of drug-likeness (QED) is 0.0322. The van der Waals surface area contributed by atoms with E-state index in [4.69, 9.17) is 34.9 Å². The van der Waals surface area contributed by atoms with Crippen LogP contribution in [-0.2, 0) is 47.7 Å². The van der Waals surface area contributed by atoms with Crippen LogP contribution in [0.2, 0.25) is 0 Å². The van der Waals surface area contributed by atoms with Crippen molar-refractivity contribution in [2.75, 3.05) is 72.5 Å². The molecular formula is C41H76N5O13P. The Morgan fingerprint density at radius 1 is 0.467 bits per heavy atom. The zero-order valence-corrected chi connectivity index (χ0v) is 36.8. The van der Waals surface area contributed by atoms with Crippen LogP contribution in [0, 0.1) is 0 Å². The van der Waals surface area contributed by atoms with Gasteiger partial charge >= 0.3 is 17.9 Å². The molecule has 0 heterocycles. The van der Waals surface area contributed by atoms with Crippen molar-refractivity contribution < 1.29 is 63.0 Å². The number of amides is 3. The van der Waals surface area contributed by atoms with E-state index in [9.17, 15) is 33.9 Å². The zero-order valence-electron chi connectivity index (χ0n) is 35.8. The molecule has 0 aromatic rings. The van der Waals surface area contributed by atoms with Crippen molar-refractivity contribution in [3.63, 3.8) is 0 Å². The molecule has 0 aliphatic rings. The van der Waals surface area contributed by atoms with Crippen molar-refractivity contribution in [2.45, 2.75) is 147 Å². The van der Waals surface area contributed by atoms with Gasteiger partial charge in [0.15, 0.2) is 0 Å². The van der Waals surface area contributed by atoms with Crippen LogP contribution in [0.1, 0.15) is 135 Å². The molecule has 60 heavy (non-hydrogen) atoms. The Balaban J connectivity index is 3.65. The first kappa shape index (κ1) is 56.8. The monoisotopic (exact) mass is 878 g/mol. The normalized spacial score (nSPS) is 12.1. The molecule has 0 radical (unpaired) electrons. The second kappa shape index (κ2) is 41.1. The summed E-state index contributed by atoms with van der Waals surface area (Å²) in [7, 11) is 3.52. The average Bonchev–Trinajstić information content (AvgIpc) is 3.20. The van der Waals surface area contributed by atoms with Crippen LogP contribution < -0.4 is 27.0 Å². The smallest absolute Gasteiger partial charge is 0.321 e. The van der Waals surface area contributed by atoms with Gasteiger partial charge in [0, 0.05) is 37.9 Å². The van der Waals surface area contributed by atoms with Crippen molar-refractivity contribution in [2.24, 2.45) is 5.73 Å². The fraction of sp³-hybridized carbons (Fsp3) is 0.829. The Morgan fingerprint density at radius 3 is 1.37 bits per heavy atom. The lowest BCUT2D eigenvalue weighted by atomic mass is 10.0. The molecule has 0 aromatic heterocycles. The Hall–Kier alpha value is -3.25. The molecule has 0 saturated carbocycles. The van der Waals surface area contributed by atoms with Gasteiger partial charge in [0.25, 0.3) is 0 Å². The number of aliphatic carboxylic acids is 3. The van der Waals surface area contributed by atoms with Crippen LogP contribution in [-0.4, -0.2) is 141 Å². The number of carboxylic acid groups (broad SMARTS) is 3. The largest absolute Gasteiger partial charge is 0.481 e. The number of nitrogens with two attached hydrogens (primary N) is 1. The maximum Gasteiger partial charge on any atom is 0.321 e. The Morgan fingerprint density at radius 2 is 0.900 bits per heavy atom. The first-order valence-corrected chi connectivity index (χ1v) is 22.3. The van der Waals surface area contributed by atoms with Gasteiger partial charge in [-0.2, -0.15) is 0 Å². The Bertz CT molecular complexity index is 1180. The minimum atomic E-state index is -1.04. The molecule has 0 rings (SSSR count). The van der Waals surface area contributed by atoms with E-state index < -0.39 is 30.0 Å². The molecule has 2 atom stereocenters. The summed E-state index contributed by atoms with van der Waals surface area (Å²) in [5, 5.41) is 38.1. The maximum absolute atomic E-state index is 12.3. The number of nitrogens with one attached hydrogen (secondary N) is 4. The van der Waals surface area contributed by atoms with Gasteiger partial charge in [-0.3, -0.25) is 34.1 Å². The zero-order chi connectivity index (χ0) is 44.5. The van der Waals surface area contributed by atoms with Crippen LogP contribution in [0.4, 0.5) is 0 Å². The van der Waals surface area contributed by atoms with Crippen LogP contribution >= 0.6 is 8.86 Å². The molecule has 19 heteroatoms. The summed E-state index contributed by atoms with van der Waals surface area (Å²) < 4.78 is 21.3. The van der Waals surface area contributed by atoms with E-state index in [0.29, 0.717) is 32.2 Å². The molecule has 0 saturated heterocycles. The summed E-state index contributed by atoms with van der Waals surface area (Å²) in [5.74, 6) is -3.64. The third kappa shape index (κ3) is 40.2. The molecule has 18 nitrogen and oxygen atoms in total. The van der Waals surface area contributed by atoms with E-state index in [2.05, 4.69) is 30.1 Å². The molecule has 0 aliphatic carbocycles. The molecule has 0 unspecified atom stereocenters. The van der Waals surface area contributed by atoms with Gasteiger partial charge in [-0.25, -0.2) is 0 Å². The molecule has 9 N–H and O–H groups in total. The Kier molecular flexibility index (Phi) is 38.9. The first-order chi connectivity index (χ1) is 28.9. The van der Waals surface area contributed by atoms with Crippen LogP contribution in [0.15, 0.2) is 0 Å². The fourth-order valence-electron chi connectivity index (χ4n) is 5.84. The van der Waals surface area contributed by atoms with Gasteiger partial charge in [0.05, 0.1) is 39.6 Å². The summed E-state index contributed by atoms with van der Waals surface area (Å²) in [6.07, 6.45) is 18.7. The highest BCUT2D eigenvalue weighted by Crippen LogP contribution is 2.14. The van der Waals surface area contributed by atoms with Gasteiger partial charge in [-0.05, 0) is 44.9 Å². The molecule has 348 valence electrons. The van der Waals surface area contributed by atoms with E-state index in [1.165, 1.54) is 51.4 Å². The molecular weight excluding hydrogens is 801 g/mol. The summed E-state index contributed by atoms with van der Waals surface area (Å²) in [5.41, 5.74) is 6.14. The lowest BCUT2D eigenvalue weighted by Gasteiger charge is -2.16. The first-order valence-electron chi connectivity index (χ1n) is 21.8.